The molecule has 0 heterocycles. The highest BCUT2D eigenvalue weighted by Crippen LogP contribution is 2.18. The number of aryl methyl sites for hydroxylation is 2. The van der Waals surface area contributed by atoms with Gasteiger partial charge in [-0.1, -0.05) is 12.1 Å². The van der Waals surface area contributed by atoms with Crippen LogP contribution in [0.5, 0.6) is 5.75 Å². The predicted octanol–water partition coefficient (Wildman–Crippen LogP) is 4.10. The average molecular weight is 290 g/mol. The van der Waals surface area contributed by atoms with E-state index in [1.165, 1.54) is 13.0 Å². The van der Waals surface area contributed by atoms with Crippen LogP contribution in [0.4, 0.5) is 8.78 Å². The van der Waals surface area contributed by atoms with Gasteiger partial charge < -0.3 is 4.74 Å². The minimum Gasteiger partial charge on any atom is -0.497 e. The highest BCUT2D eigenvalue weighted by atomic mass is 19.1. The van der Waals surface area contributed by atoms with E-state index in [2.05, 4.69) is 0 Å². The van der Waals surface area contributed by atoms with Gasteiger partial charge in [-0.15, -0.1) is 0 Å². The average Bonchev–Trinajstić information content (AvgIpc) is 2.49. The van der Waals surface area contributed by atoms with E-state index < -0.39 is 11.6 Å². The van der Waals surface area contributed by atoms with Crippen LogP contribution in [0.3, 0.4) is 0 Å². The minimum absolute atomic E-state index is 0.0533. The molecule has 110 valence electrons. The van der Waals surface area contributed by atoms with Gasteiger partial charge in [0.15, 0.2) is 5.78 Å². The van der Waals surface area contributed by atoms with Gasteiger partial charge in [-0.2, -0.15) is 0 Å². The van der Waals surface area contributed by atoms with E-state index in [9.17, 15) is 13.6 Å². The molecule has 21 heavy (non-hydrogen) atoms. The third-order valence-corrected chi connectivity index (χ3v) is 3.35. The molecule has 0 N–H and O–H groups in total. The smallest absolute Gasteiger partial charge is 0.166 e. The van der Waals surface area contributed by atoms with E-state index in [-0.39, 0.29) is 23.3 Å². The van der Waals surface area contributed by atoms with Crippen LogP contribution in [-0.4, -0.2) is 12.9 Å². The van der Waals surface area contributed by atoms with Crippen molar-refractivity contribution < 1.29 is 18.3 Å². The van der Waals surface area contributed by atoms with E-state index in [1.54, 1.807) is 7.11 Å². The van der Waals surface area contributed by atoms with Crippen LogP contribution in [-0.2, 0) is 6.42 Å². The fourth-order valence-electron chi connectivity index (χ4n) is 2.06. The molecule has 2 aromatic rings. The topological polar surface area (TPSA) is 26.3 Å². The Kier molecular flexibility index (Phi) is 4.68. The molecule has 2 nitrogen and oxygen atoms in total. The Hall–Kier alpha value is -2.23. The highest BCUT2D eigenvalue weighted by Gasteiger charge is 2.14. The number of hydrogen-bond acceptors (Lipinski definition) is 2. The fourth-order valence-corrected chi connectivity index (χ4v) is 2.06. The molecule has 0 fully saturated rings. The van der Waals surface area contributed by atoms with E-state index in [4.69, 9.17) is 4.74 Å². The van der Waals surface area contributed by atoms with Gasteiger partial charge in [-0.3, -0.25) is 4.79 Å². The van der Waals surface area contributed by atoms with Crippen LogP contribution in [0.15, 0.2) is 36.4 Å². The van der Waals surface area contributed by atoms with E-state index in [0.29, 0.717) is 6.42 Å². The van der Waals surface area contributed by atoms with Crippen molar-refractivity contribution in [3.8, 4) is 5.75 Å². The van der Waals surface area contributed by atoms with Crippen LogP contribution >= 0.6 is 0 Å². The van der Waals surface area contributed by atoms with Gasteiger partial charge in [0.05, 0.1) is 12.7 Å². The van der Waals surface area contributed by atoms with E-state index in [0.717, 1.165) is 17.4 Å². The molecule has 0 unspecified atom stereocenters. The van der Waals surface area contributed by atoms with Gasteiger partial charge in [0.2, 0.25) is 0 Å². The lowest BCUT2D eigenvalue weighted by Crippen LogP contribution is -2.05. The van der Waals surface area contributed by atoms with Gasteiger partial charge in [-0.25, -0.2) is 8.78 Å². The molecule has 0 spiro atoms. The molecule has 0 radical (unpaired) electrons. The second-order valence-electron chi connectivity index (χ2n) is 4.85. The molecule has 0 aliphatic carbocycles. The minimum atomic E-state index is -0.808. The SMILES string of the molecule is COc1ccc(CCC(=O)c2cc(C)c(F)cc2F)cc1. The number of carbonyl (C=O) groups is 1. The summed E-state index contributed by atoms with van der Waals surface area (Å²) in [6.45, 7) is 1.51. The van der Waals surface area contributed by atoms with Crippen molar-refractivity contribution in [2.75, 3.05) is 7.11 Å². The molecule has 0 saturated carbocycles. The third kappa shape index (κ3) is 3.66. The summed E-state index contributed by atoms with van der Waals surface area (Å²) in [7, 11) is 1.58. The van der Waals surface area contributed by atoms with Gasteiger partial charge in [-0.05, 0) is 42.7 Å². The zero-order valence-electron chi connectivity index (χ0n) is 12.0. The van der Waals surface area contributed by atoms with E-state index in [1.807, 2.05) is 24.3 Å². The zero-order valence-corrected chi connectivity index (χ0v) is 12.0. The van der Waals surface area contributed by atoms with Crippen molar-refractivity contribution >= 4 is 5.78 Å². The lowest BCUT2D eigenvalue weighted by molar-refractivity contribution is 0.0978. The van der Waals surface area contributed by atoms with Crippen molar-refractivity contribution in [1.29, 1.82) is 0 Å². The van der Waals surface area contributed by atoms with Gasteiger partial charge in [0.25, 0.3) is 0 Å². The number of carbonyl (C=O) groups excluding carboxylic acids is 1. The summed E-state index contributed by atoms with van der Waals surface area (Å²) in [4.78, 5) is 12.0. The lowest BCUT2D eigenvalue weighted by Gasteiger charge is -2.06. The summed E-state index contributed by atoms with van der Waals surface area (Å²) in [5.41, 5.74) is 1.18. The summed E-state index contributed by atoms with van der Waals surface area (Å²) < 4.78 is 31.9. The first kappa shape index (κ1) is 15.2. The van der Waals surface area contributed by atoms with Crippen molar-refractivity contribution in [3.05, 3.63) is 64.7 Å². The molecule has 2 rings (SSSR count). The molecule has 0 bridgehead atoms. The first-order valence-corrected chi connectivity index (χ1v) is 6.63. The number of ether oxygens (including phenoxy) is 1. The maximum absolute atomic E-state index is 13.6. The Labute approximate surface area is 122 Å². The molecule has 0 aromatic heterocycles. The number of hydrogen-bond donors (Lipinski definition) is 0. The molecule has 0 amide bonds. The monoisotopic (exact) mass is 290 g/mol. The van der Waals surface area contributed by atoms with E-state index >= 15 is 0 Å². The number of Topliss-reactive ketones (excluding diaryl/α,β-unsaturated/α-hetero) is 1. The van der Waals surface area contributed by atoms with Gasteiger partial charge in [0.1, 0.15) is 17.4 Å². The molecular formula is C17H16F2O2. The third-order valence-electron chi connectivity index (χ3n) is 3.35. The fraction of sp³-hybridized carbons (Fsp3) is 0.235. The number of methoxy groups -OCH3 is 1. The summed E-state index contributed by atoms with van der Waals surface area (Å²) in [6.07, 6.45) is 0.674. The second-order valence-corrected chi connectivity index (χ2v) is 4.85. The second kappa shape index (κ2) is 6.48. The Morgan fingerprint density at radius 3 is 2.38 bits per heavy atom. The molecule has 4 heteroatoms. The number of ketones is 1. The maximum Gasteiger partial charge on any atom is 0.166 e. The van der Waals surface area contributed by atoms with Crippen LogP contribution in [0, 0.1) is 18.6 Å². The molecule has 0 aliphatic rings. The highest BCUT2D eigenvalue weighted by molar-refractivity contribution is 5.96. The molecule has 0 atom stereocenters. The van der Waals surface area contributed by atoms with Gasteiger partial charge in [0, 0.05) is 12.5 Å². The summed E-state index contributed by atoms with van der Waals surface area (Å²) in [6, 6.07) is 9.36. The summed E-state index contributed by atoms with van der Waals surface area (Å²) in [5, 5.41) is 0. The van der Waals surface area contributed by atoms with Crippen molar-refractivity contribution in [2.45, 2.75) is 19.8 Å². The zero-order chi connectivity index (χ0) is 15.4. The Morgan fingerprint density at radius 1 is 1.10 bits per heavy atom. The number of rotatable bonds is 5. The molecule has 0 aliphatic heterocycles. The summed E-state index contributed by atoms with van der Waals surface area (Å²) >= 11 is 0. The Balaban J connectivity index is 2.06. The first-order valence-electron chi connectivity index (χ1n) is 6.63. The first-order chi connectivity index (χ1) is 10.0. The molecular weight excluding hydrogens is 274 g/mol. The van der Waals surface area contributed by atoms with Crippen LogP contribution in [0.1, 0.15) is 27.9 Å². The van der Waals surface area contributed by atoms with Crippen LogP contribution in [0.2, 0.25) is 0 Å². The van der Waals surface area contributed by atoms with Crippen molar-refractivity contribution in [1.82, 2.24) is 0 Å². The number of benzene rings is 2. The number of halogens is 2. The van der Waals surface area contributed by atoms with Crippen LogP contribution in [0.25, 0.3) is 0 Å². The molecule has 2 aromatic carbocycles. The van der Waals surface area contributed by atoms with Gasteiger partial charge >= 0.3 is 0 Å². The van der Waals surface area contributed by atoms with Crippen molar-refractivity contribution in [2.24, 2.45) is 0 Å². The Bertz CT molecular complexity index is 649. The largest absolute Gasteiger partial charge is 0.497 e. The quantitative estimate of drug-likeness (QED) is 0.775. The lowest BCUT2D eigenvalue weighted by atomic mass is 10.0. The Morgan fingerprint density at radius 2 is 1.76 bits per heavy atom. The standard InChI is InChI=1S/C17H16F2O2/c1-11-9-14(16(19)10-15(11)18)17(20)8-5-12-3-6-13(21-2)7-4-12/h3-4,6-7,9-10H,5,8H2,1-2H3. The maximum atomic E-state index is 13.6. The normalized spacial score (nSPS) is 10.5. The van der Waals surface area contributed by atoms with Crippen molar-refractivity contribution in [3.63, 3.8) is 0 Å². The predicted molar refractivity (Wildman–Crippen MR) is 76.7 cm³/mol. The molecule has 0 saturated heterocycles. The van der Waals surface area contributed by atoms with Crippen LogP contribution < -0.4 is 4.74 Å². The summed E-state index contributed by atoms with van der Waals surface area (Å²) in [5.74, 6) is -1.03.